The first-order valence-corrected chi connectivity index (χ1v) is 9.71. The molecule has 0 aliphatic carbocycles. The molecular weight excluding hydrogens is 336 g/mol. The first-order valence-electron chi connectivity index (χ1n) is 9.71. The Hall–Kier alpha value is -2.46. The summed E-state index contributed by atoms with van der Waals surface area (Å²) in [6.45, 7) is 6.16. The Balaban J connectivity index is 1.98. The van der Waals surface area contributed by atoms with Gasteiger partial charge in [-0.25, -0.2) is 0 Å². The number of carbonyl (C=O) groups is 1. The van der Waals surface area contributed by atoms with Gasteiger partial charge < -0.3 is 5.11 Å². The molecule has 1 heterocycles. The van der Waals surface area contributed by atoms with Crippen LogP contribution in [-0.4, -0.2) is 21.7 Å². The topological polar surface area (TPSA) is 52.9 Å². The van der Waals surface area contributed by atoms with E-state index >= 15 is 0 Å². The molecule has 3 rings (SSSR count). The minimum atomic E-state index is -1.44. The van der Waals surface area contributed by atoms with Crippen molar-refractivity contribution in [3.8, 4) is 0 Å². The number of unbranched alkanes of at least 4 members (excludes halogenated alkanes) is 2. The molecule has 1 N–H and O–H groups in total. The molecule has 0 radical (unpaired) electrons. The Bertz CT molecular complexity index is 824. The van der Waals surface area contributed by atoms with Crippen LogP contribution in [-0.2, 0) is 5.72 Å². The van der Waals surface area contributed by atoms with E-state index in [0.717, 1.165) is 48.1 Å². The van der Waals surface area contributed by atoms with Crippen molar-refractivity contribution < 1.29 is 9.90 Å². The third-order valence-corrected chi connectivity index (χ3v) is 5.01. The highest BCUT2D eigenvalue weighted by Gasteiger charge is 2.46. The maximum absolute atomic E-state index is 13.1. The van der Waals surface area contributed by atoms with Gasteiger partial charge in [-0.05, 0) is 38.8 Å². The molecule has 142 valence electrons. The van der Waals surface area contributed by atoms with Crippen molar-refractivity contribution in [2.45, 2.75) is 58.6 Å². The van der Waals surface area contributed by atoms with Crippen LogP contribution in [0.5, 0.6) is 0 Å². The van der Waals surface area contributed by atoms with Gasteiger partial charge in [0.15, 0.2) is 5.72 Å². The van der Waals surface area contributed by atoms with Crippen LogP contribution in [0.1, 0.15) is 66.1 Å². The molecule has 2 aromatic carbocycles. The largest absolute Gasteiger partial charge is 0.365 e. The van der Waals surface area contributed by atoms with Crippen molar-refractivity contribution in [3.63, 3.8) is 0 Å². The summed E-state index contributed by atoms with van der Waals surface area (Å²) in [5, 5.41) is 17.5. The van der Waals surface area contributed by atoms with Gasteiger partial charge in [-0.3, -0.25) is 4.79 Å². The average Bonchev–Trinajstić information content (AvgIpc) is 2.99. The number of amides is 1. The van der Waals surface area contributed by atoms with Crippen LogP contribution in [0, 0.1) is 13.8 Å². The number of carbonyl (C=O) groups excluding carboxylic acids is 1. The summed E-state index contributed by atoms with van der Waals surface area (Å²) in [5.74, 6) is -0.275. The summed E-state index contributed by atoms with van der Waals surface area (Å²) in [6, 6.07) is 15.0. The Kier molecular flexibility index (Phi) is 5.76. The van der Waals surface area contributed by atoms with Crippen LogP contribution in [0.3, 0.4) is 0 Å². The lowest BCUT2D eigenvalue weighted by molar-refractivity contribution is -0.0766. The van der Waals surface area contributed by atoms with Gasteiger partial charge >= 0.3 is 0 Å². The number of aryl methyl sites for hydroxylation is 2. The van der Waals surface area contributed by atoms with Crippen LogP contribution in [0.15, 0.2) is 53.6 Å². The quantitative estimate of drug-likeness (QED) is 0.739. The molecule has 0 aromatic heterocycles. The first-order chi connectivity index (χ1) is 12.9. The Labute approximate surface area is 161 Å². The lowest BCUT2D eigenvalue weighted by Gasteiger charge is -2.32. The van der Waals surface area contributed by atoms with Gasteiger partial charge in [0, 0.05) is 23.3 Å². The number of rotatable bonds is 6. The van der Waals surface area contributed by atoms with Crippen LogP contribution in [0.4, 0.5) is 0 Å². The van der Waals surface area contributed by atoms with Gasteiger partial charge in [0.2, 0.25) is 0 Å². The zero-order valence-corrected chi connectivity index (χ0v) is 16.4. The summed E-state index contributed by atoms with van der Waals surface area (Å²) in [6.07, 6.45) is 4.43. The number of hydrogen-bond donors (Lipinski definition) is 1. The minimum absolute atomic E-state index is 0.275. The number of hydrazone groups is 1. The van der Waals surface area contributed by atoms with Crippen LogP contribution in [0.25, 0.3) is 0 Å². The molecule has 0 spiro atoms. The van der Waals surface area contributed by atoms with Gasteiger partial charge in [0.25, 0.3) is 5.91 Å². The normalized spacial score (nSPS) is 19.3. The van der Waals surface area contributed by atoms with Crippen molar-refractivity contribution in [1.82, 2.24) is 5.01 Å². The summed E-state index contributed by atoms with van der Waals surface area (Å²) in [5.41, 5.74) is 2.81. The minimum Gasteiger partial charge on any atom is -0.365 e. The SMILES string of the molecule is CCCCCC1=NN(C(=O)c2ccccc2)C(O)(c2cc(C)cc(C)c2)C1. The second-order valence-corrected chi connectivity index (χ2v) is 7.48. The Morgan fingerprint density at radius 2 is 1.78 bits per heavy atom. The fourth-order valence-electron chi connectivity index (χ4n) is 3.68. The molecule has 4 nitrogen and oxygen atoms in total. The fraction of sp³-hybridized carbons (Fsp3) is 0.391. The number of hydrogen-bond acceptors (Lipinski definition) is 3. The monoisotopic (exact) mass is 364 g/mol. The third kappa shape index (κ3) is 4.11. The van der Waals surface area contributed by atoms with E-state index in [0.29, 0.717) is 12.0 Å². The predicted molar refractivity (Wildman–Crippen MR) is 109 cm³/mol. The van der Waals surface area contributed by atoms with E-state index in [-0.39, 0.29) is 5.91 Å². The average molecular weight is 364 g/mol. The highest BCUT2D eigenvalue weighted by atomic mass is 16.3. The molecule has 0 saturated heterocycles. The summed E-state index contributed by atoms with van der Waals surface area (Å²) >= 11 is 0. The van der Waals surface area contributed by atoms with Gasteiger partial charge in [-0.15, -0.1) is 0 Å². The number of aliphatic hydroxyl groups is 1. The molecule has 1 aliphatic heterocycles. The number of nitrogens with zero attached hydrogens (tertiary/aromatic N) is 2. The standard InChI is InChI=1S/C23H28N2O2/c1-4-5-7-12-21-16-23(27,20-14-17(2)13-18(3)15-20)25(24-21)22(26)19-10-8-6-9-11-19/h6,8-11,13-15,27H,4-5,7,12,16H2,1-3H3. The van der Waals surface area contributed by atoms with E-state index in [2.05, 4.69) is 18.1 Å². The molecule has 0 saturated carbocycles. The van der Waals surface area contributed by atoms with E-state index in [9.17, 15) is 9.90 Å². The zero-order valence-electron chi connectivity index (χ0n) is 16.4. The van der Waals surface area contributed by atoms with Gasteiger partial charge in [0.1, 0.15) is 0 Å². The predicted octanol–water partition coefficient (Wildman–Crippen LogP) is 4.93. The zero-order chi connectivity index (χ0) is 19.4. The first kappa shape index (κ1) is 19.3. The lowest BCUT2D eigenvalue weighted by atomic mass is 9.92. The van der Waals surface area contributed by atoms with E-state index in [1.165, 1.54) is 5.01 Å². The van der Waals surface area contributed by atoms with Crippen LogP contribution >= 0.6 is 0 Å². The maximum Gasteiger partial charge on any atom is 0.276 e. The summed E-state index contributed by atoms with van der Waals surface area (Å²) in [7, 11) is 0. The Morgan fingerprint density at radius 3 is 2.41 bits per heavy atom. The van der Waals surface area contributed by atoms with Crippen molar-refractivity contribution in [3.05, 3.63) is 70.8 Å². The molecule has 2 aromatic rings. The van der Waals surface area contributed by atoms with Gasteiger partial charge in [-0.1, -0.05) is 67.3 Å². The molecule has 1 unspecified atom stereocenters. The second-order valence-electron chi connectivity index (χ2n) is 7.48. The van der Waals surface area contributed by atoms with Crippen molar-refractivity contribution >= 4 is 11.6 Å². The van der Waals surface area contributed by atoms with E-state index < -0.39 is 5.72 Å². The van der Waals surface area contributed by atoms with E-state index in [1.54, 1.807) is 12.1 Å². The molecule has 4 heteroatoms. The van der Waals surface area contributed by atoms with Crippen LogP contribution < -0.4 is 0 Å². The second kappa shape index (κ2) is 8.05. The van der Waals surface area contributed by atoms with Crippen LogP contribution in [0.2, 0.25) is 0 Å². The molecule has 1 aliphatic rings. The van der Waals surface area contributed by atoms with Crippen molar-refractivity contribution in [2.24, 2.45) is 5.10 Å². The molecule has 27 heavy (non-hydrogen) atoms. The third-order valence-electron chi connectivity index (χ3n) is 5.01. The summed E-state index contributed by atoms with van der Waals surface area (Å²) in [4.78, 5) is 13.1. The van der Waals surface area contributed by atoms with E-state index in [4.69, 9.17) is 0 Å². The van der Waals surface area contributed by atoms with Gasteiger partial charge in [-0.2, -0.15) is 10.1 Å². The van der Waals surface area contributed by atoms with Crippen molar-refractivity contribution in [2.75, 3.05) is 0 Å². The molecule has 1 amide bonds. The lowest BCUT2D eigenvalue weighted by Crippen LogP contribution is -2.43. The molecular formula is C23H28N2O2. The summed E-state index contributed by atoms with van der Waals surface area (Å²) < 4.78 is 0. The molecule has 1 atom stereocenters. The smallest absolute Gasteiger partial charge is 0.276 e. The highest BCUT2D eigenvalue weighted by molar-refractivity contribution is 5.98. The van der Waals surface area contributed by atoms with E-state index in [1.807, 2.05) is 44.2 Å². The molecule has 0 bridgehead atoms. The fourth-order valence-corrected chi connectivity index (χ4v) is 3.68. The highest BCUT2D eigenvalue weighted by Crippen LogP contribution is 2.38. The maximum atomic E-state index is 13.1. The number of benzene rings is 2. The Morgan fingerprint density at radius 1 is 1.11 bits per heavy atom. The van der Waals surface area contributed by atoms with Gasteiger partial charge in [0.05, 0.1) is 0 Å². The molecule has 0 fully saturated rings. The van der Waals surface area contributed by atoms with Crippen molar-refractivity contribution in [1.29, 1.82) is 0 Å².